The van der Waals surface area contributed by atoms with Crippen LogP contribution in [0.2, 0.25) is 0 Å². The second kappa shape index (κ2) is 5.24. The average Bonchev–Trinajstić information content (AvgIpc) is 2.70. The number of aromatic nitrogens is 1. The highest BCUT2D eigenvalue weighted by Gasteiger charge is 2.29. The fraction of sp³-hybridized carbons (Fsp3) is 0.727. The summed E-state index contributed by atoms with van der Waals surface area (Å²) in [4.78, 5) is 5.84. The van der Waals surface area contributed by atoms with Crippen molar-refractivity contribution in [1.82, 2.24) is 14.0 Å². The normalized spacial score (nSPS) is 19.3. The lowest BCUT2D eigenvalue weighted by Gasteiger charge is -2.29. The largest absolute Gasteiger partial charge is 0.279 e. The van der Waals surface area contributed by atoms with E-state index >= 15 is 0 Å². The Labute approximate surface area is 112 Å². The molecule has 0 radical (unpaired) electrons. The van der Waals surface area contributed by atoms with Crippen molar-refractivity contribution >= 4 is 21.5 Å². The third-order valence-electron chi connectivity index (χ3n) is 3.45. The molecule has 2 rings (SSSR count). The Bertz CT molecular complexity index is 497. The summed E-state index contributed by atoms with van der Waals surface area (Å²) >= 11 is 1.74. The summed E-state index contributed by atoms with van der Waals surface area (Å²) in [7, 11) is -1.81. The second-order valence-electron chi connectivity index (χ2n) is 4.58. The molecular weight excluding hydrogens is 270 g/mol. The monoisotopic (exact) mass is 289 g/mol. The summed E-state index contributed by atoms with van der Waals surface area (Å²) in [5, 5.41) is 1.16. The first-order valence-corrected chi connectivity index (χ1v) is 8.32. The van der Waals surface area contributed by atoms with E-state index in [1.54, 1.807) is 11.3 Å². The van der Waals surface area contributed by atoms with Crippen molar-refractivity contribution in [3.8, 4) is 0 Å². The lowest BCUT2D eigenvalue weighted by Crippen LogP contribution is -2.43. The number of piperidine rings is 1. The summed E-state index contributed by atoms with van der Waals surface area (Å²) in [5.74, 6) is 0.408. The molecule has 2 heterocycles. The summed E-state index contributed by atoms with van der Waals surface area (Å²) < 4.78 is 27.2. The van der Waals surface area contributed by atoms with E-state index in [2.05, 4.69) is 16.6 Å². The van der Waals surface area contributed by atoms with Crippen molar-refractivity contribution in [2.75, 3.05) is 20.1 Å². The van der Waals surface area contributed by atoms with Gasteiger partial charge < -0.3 is 0 Å². The smallest absolute Gasteiger partial charge is 0.246 e. The number of hydrogen-bond donors (Lipinski definition) is 1. The van der Waals surface area contributed by atoms with Crippen LogP contribution < -0.4 is 4.72 Å². The van der Waals surface area contributed by atoms with Gasteiger partial charge in [0.25, 0.3) is 10.2 Å². The van der Waals surface area contributed by atoms with Crippen LogP contribution in [0.1, 0.15) is 34.3 Å². The third-order valence-corrected chi connectivity index (χ3v) is 6.24. The van der Waals surface area contributed by atoms with Crippen LogP contribution >= 0.6 is 11.3 Å². The van der Waals surface area contributed by atoms with E-state index in [0.29, 0.717) is 19.0 Å². The van der Waals surface area contributed by atoms with Gasteiger partial charge in [-0.1, -0.05) is 0 Å². The Hall–Kier alpha value is -0.500. The molecule has 1 aromatic rings. The molecule has 1 aliphatic heterocycles. The molecule has 0 amide bonds. The molecule has 0 aliphatic carbocycles. The first kappa shape index (κ1) is 13.9. The van der Waals surface area contributed by atoms with Crippen LogP contribution in [0.15, 0.2) is 0 Å². The molecule has 7 heteroatoms. The zero-order chi connectivity index (χ0) is 13.3. The molecule has 1 fully saturated rings. The number of thiazole rings is 1. The van der Waals surface area contributed by atoms with E-state index in [0.717, 1.165) is 23.5 Å². The van der Waals surface area contributed by atoms with Gasteiger partial charge in [-0.15, -0.1) is 11.3 Å². The highest BCUT2D eigenvalue weighted by atomic mass is 32.2. The van der Waals surface area contributed by atoms with E-state index in [-0.39, 0.29) is 0 Å². The van der Waals surface area contributed by atoms with Gasteiger partial charge in [-0.2, -0.15) is 12.7 Å². The van der Waals surface area contributed by atoms with Crippen molar-refractivity contribution in [2.24, 2.45) is 0 Å². The van der Waals surface area contributed by atoms with Gasteiger partial charge in [-0.25, -0.2) is 9.71 Å². The average molecular weight is 289 g/mol. The van der Waals surface area contributed by atoms with Crippen LogP contribution in [0.5, 0.6) is 0 Å². The van der Waals surface area contributed by atoms with Crippen molar-refractivity contribution in [3.63, 3.8) is 0 Å². The summed E-state index contributed by atoms with van der Waals surface area (Å²) in [6.45, 7) is 5.25. The number of aryl methyl sites for hydroxylation is 2. The number of hydrogen-bond acceptors (Lipinski definition) is 4. The number of nitrogens with one attached hydrogen (secondary N) is 1. The minimum atomic E-state index is -3.26. The highest BCUT2D eigenvalue weighted by molar-refractivity contribution is 7.87. The second-order valence-corrected chi connectivity index (χ2v) is 7.69. The summed E-state index contributed by atoms with van der Waals surface area (Å²) in [6, 6.07) is 0. The van der Waals surface area contributed by atoms with Crippen LogP contribution in [0, 0.1) is 13.8 Å². The van der Waals surface area contributed by atoms with Gasteiger partial charge in [0.2, 0.25) is 0 Å². The molecule has 1 aliphatic rings. The Kier molecular flexibility index (Phi) is 4.05. The molecule has 0 aromatic carbocycles. The lowest BCUT2D eigenvalue weighted by atomic mass is 9.99. The van der Waals surface area contributed by atoms with Crippen LogP contribution in [0.25, 0.3) is 0 Å². The first-order valence-electron chi connectivity index (χ1n) is 6.06. The molecule has 1 saturated heterocycles. The Morgan fingerprint density at radius 3 is 2.39 bits per heavy atom. The zero-order valence-electron chi connectivity index (χ0n) is 10.9. The predicted molar refractivity (Wildman–Crippen MR) is 73.1 cm³/mol. The minimum absolute atomic E-state index is 0.408. The van der Waals surface area contributed by atoms with Crippen molar-refractivity contribution < 1.29 is 8.42 Å². The third kappa shape index (κ3) is 2.74. The molecular formula is C11H19N3O2S2. The molecule has 0 spiro atoms. The predicted octanol–water partition coefficient (Wildman–Crippen LogP) is 1.40. The molecule has 1 N–H and O–H groups in total. The van der Waals surface area contributed by atoms with Crippen molar-refractivity contribution in [3.05, 3.63) is 15.6 Å². The van der Waals surface area contributed by atoms with Gasteiger partial charge in [-0.05, 0) is 26.7 Å². The van der Waals surface area contributed by atoms with Gasteiger partial charge in [0.1, 0.15) is 0 Å². The standard InChI is InChI=1S/C11H19N3O2S2/c1-8-9(2)17-11(13-8)10-4-6-14(7-5-10)18(15,16)12-3/h10,12H,4-7H2,1-3H3. The van der Waals surface area contributed by atoms with Gasteiger partial charge in [-0.3, -0.25) is 0 Å². The van der Waals surface area contributed by atoms with E-state index in [4.69, 9.17) is 0 Å². The molecule has 102 valence electrons. The summed E-state index contributed by atoms with van der Waals surface area (Å²) in [5.41, 5.74) is 1.10. The minimum Gasteiger partial charge on any atom is -0.246 e. The quantitative estimate of drug-likeness (QED) is 0.915. The van der Waals surface area contributed by atoms with Crippen LogP contribution in [0.4, 0.5) is 0 Å². The van der Waals surface area contributed by atoms with E-state index < -0.39 is 10.2 Å². The Morgan fingerprint density at radius 2 is 1.94 bits per heavy atom. The van der Waals surface area contributed by atoms with Crippen molar-refractivity contribution in [2.45, 2.75) is 32.6 Å². The maximum atomic E-state index is 11.7. The molecule has 0 atom stereocenters. The number of nitrogens with zero attached hydrogens (tertiary/aromatic N) is 2. The van der Waals surface area contributed by atoms with Gasteiger partial charge >= 0.3 is 0 Å². The molecule has 5 nitrogen and oxygen atoms in total. The molecule has 0 saturated carbocycles. The molecule has 0 bridgehead atoms. The maximum Gasteiger partial charge on any atom is 0.279 e. The van der Waals surface area contributed by atoms with Gasteiger partial charge in [0, 0.05) is 30.9 Å². The topological polar surface area (TPSA) is 62.3 Å². The van der Waals surface area contributed by atoms with Crippen LogP contribution in [0.3, 0.4) is 0 Å². The molecule has 18 heavy (non-hydrogen) atoms. The molecule has 0 unspecified atom stereocenters. The van der Waals surface area contributed by atoms with E-state index in [1.807, 2.05) is 6.92 Å². The fourth-order valence-electron chi connectivity index (χ4n) is 2.14. The van der Waals surface area contributed by atoms with E-state index in [1.165, 1.54) is 16.2 Å². The van der Waals surface area contributed by atoms with Crippen LogP contribution in [-0.2, 0) is 10.2 Å². The zero-order valence-corrected chi connectivity index (χ0v) is 12.6. The van der Waals surface area contributed by atoms with Crippen LogP contribution in [-0.4, -0.2) is 37.8 Å². The Morgan fingerprint density at radius 1 is 1.33 bits per heavy atom. The van der Waals surface area contributed by atoms with Gasteiger partial charge in [0.15, 0.2) is 0 Å². The maximum absolute atomic E-state index is 11.7. The molecule has 1 aromatic heterocycles. The SMILES string of the molecule is CNS(=O)(=O)N1CCC(c2nc(C)c(C)s2)CC1. The Balaban J connectivity index is 2.03. The summed E-state index contributed by atoms with van der Waals surface area (Å²) in [6.07, 6.45) is 1.71. The fourth-order valence-corrected chi connectivity index (χ4v) is 4.19. The van der Waals surface area contributed by atoms with Gasteiger partial charge in [0.05, 0.1) is 10.7 Å². The first-order chi connectivity index (χ1) is 8.44. The van der Waals surface area contributed by atoms with Crippen molar-refractivity contribution in [1.29, 1.82) is 0 Å². The highest BCUT2D eigenvalue weighted by Crippen LogP contribution is 2.32. The lowest BCUT2D eigenvalue weighted by molar-refractivity contribution is 0.316. The number of rotatable bonds is 3. The van der Waals surface area contributed by atoms with E-state index in [9.17, 15) is 8.42 Å².